The number of aromatic nitrogens is 1. The minimum atomic E-state index is 1.04. The van der Waals surface area contributed by atoms with Crippen molar-refractivity contribution in [1.82, 2.24) is 9.88 Å². The van der Waals surface area contributed by atoms with Gasteiger partial charge in [-0.05, 0) is 25.2 Å². The summed E-state index contributed by atoms with van der Waals surface area (Å²) in [5.74, 6) is 0. The Morgan fingerprint density at radius 1 is 1.08 bits per heavy atom. The molecule has 1 aromatic heterocycles. The molecule has 1 fully saturated rings. The first-order valence-electron chi connectivity index (χ1n) is 4.57. The van der Waals surface area contributed by atoms with Crippen LogP contribution in [0.3, 0.4) is 0 Å². The van der Waals surface area contributed by atoms with Crippen LogP contribution in [-0.4, -0.2) is 36.1 Å². The number of anilines is 1. The molecule has 13 heavy (non-hydrogen) atoms. The Hall–Kier alpha value is -1.09. The van der Waals surface area contributed by atoms with E-state index in [4.69, 9.17) is 0 Å². The van der Waals surface area contributed by atoms with Gasteiger partial charge in [0.2, 0.25) is 0 Å². The fourth-order valence-corrected chi connectivity index (χ4v) is 1.56. The molecule has 0 N–H and O–H groups in total. The molecule has 0 radical (unpaired) electrons. The van der Waals surface area contributed by atoms with E-state index < -0.39 is 0 Å². The van der Waals surface area contributed by atoms with E-state index in [-0.39, 0.29) is 0 Å². The molecule has 2 rings (SSSR count). The fraction of sp³-hybridized carbons (Fsp3) is 0.400. The van der Waals surface area contributed by atoms with Gasteiger partial charge in [0.15, 0.2) is 0 Å². The zero-order valence-electron chi connectivity index (χ0n) is 7.69. The Bertz CT molecular complexity index is 252. The first-order chi connectivity index (χ1) is 6.36. The molecular weight excluding hydrogens is 162 g/mol. The van der Waals surface area contributed by atoms with E-state index in [1.807, 2.05) is 12.4 Å². The van der Waals surface area contributed by atoms with Crippen molar-refractivity contribution in [2.75, 3.05) is 31.1 Å². The number of nitrogens with zero attached hydrogens (tertiary/aromatic N) is 3. The molecule has 1 aliphatic rings. The third kappa shape index (κ3) is 1.98. The number of hydrogen-bond donors (Lipinski definition) is 0. The predicted molar refractivity (Wildman–Crippen MR) is 53.4 cm³/mol. The van der Waals surface area contributed by atoms with Crippen LogP contribution in [0.15, 0.2) is 24.5 Å². The molecule has 1 saturated heterocycles. The van der Waals surface area contributed by atoms with E-state index >= 15 is 0 Å². The molecule has 0 saturated carbocycles. The Labute approximate surface area is 79.0 Å². The van der Waals surface area contributed by atoms with Crippen molar-refractivity contribution in [1.29, 1.82) is 0 Å². The van der Waals surface area contributed by atoms with Gasteiger partial charge in [-0.1, -0.05) is 0 Å². The van der Waals surface area contributed by atoms with Crippen LogP contribution in [0.25, 0.3) is 0 Å². The molecular formula is C10H14N3-. The number of pyridine rings is 1. The van der Waals surface area contributed by atoms with Gasteiger partial charge in [-0.3, -0.25) is 12.0 Å². The minimum Gasteiger partial charge on any atom is -0.456 e. The van der Waals surface area contributed by atoms with Gasteiger partial charge in [0.1, 0.15) is 0 Å². The quantitative estimate of drug-likeness (QED) is 0.595. The Balaban J connectivity index is 2.03. The fourth-order valence-electron chi connectivity index (χ4n) is 1.56. The Kier molecular flexibility index (Phi) is 2.45. The van der Waals surface area contributed by atoms with E-state index in [2.05, 4.69) is 34.0 Å². The van der Waals surface area contributed by atoms with Gasteiger partial charge in [0, 0.05) is 31.2 Å². The highest BCUT2D eigenvalue weighted by molar-refractivity contribution is 5.44. The summed E-state index contributed by atoms with van der Waals surface area (Å²) in [7, 11) is 3.92. The first-order valence-corrected chi connectivity index (χ1v) is 4.57. The lowest BCUT2D eigenvalue weighted by molar-refractivity contribution is 0.344. The standard InChI is InChI=1S/C10H14N3/c1-12-6-8-13(9-7-12)10-2-4-11-5-3-10/h2-5H,1,6-9H2/q-1. The summed E-state index contributed by atoms with van der Waals surface area (Å²) in [5.41, 5.74) is 1.27. The van der Waals surface area contributed by atoms with E-state index in [0.717, 1.165) is 26.2 Å². The molecule has 0 aromatic carbocycles. The van der Waals surface area contributed by atoms with Crippen molar-refractivity contribution < 1.29 is 0 Å². The lowest BCUT2D eigenvalue weighted by Gasteiger charge is -2.38. The number of piperazine rings is 1. The lowest BCUT2D eigenvalue weighted by atomic mass is 10.3. The molecule has 0 unspecified atom stereocenters. The smallest absolute Gasteiger partial charge is 0.0397 e. The maximum Gasteiger partial charge on any atom is 0.0397 e. The lowest BCUT2D eigenvalue weighted by Crippen LogP contribution is -2.43. The Morgan fingerprint density at radius 3 is 2.31 bits per heavy atom. The molecule has 2 heterocycles. The van der Waals surface area contributed by atoms with E-state index in [1.165, 1.54) is 5.69 Å². The second kappa shape index (κ2) is 3.75. The summed E-state index contributed by atoms with van der Waals surface area (Å²) in [6.07, 6.45) is 3.68. The summed E-state index contributed by atoms with van der Waals surface area (Å²) in [6, 6.07) is 4.11. The van der Waals surface area contributed by atoms with Gasteiger partial charge < -0.3 is 9.80 Å². The topological polar surface area (TPSA) is 19.4 Å². The zero-order valence-corrected chi connectivity index (χ0v) is 7.69. The summed E-state index contributed by atoms with van der Waals surface area (Å²) < 4.78 is 0. The van der Waals surface area contributed by atoms with Gasteiger partial charge >= 0.3 is 0 Å². The molecule has 1 aliphatic heterocycles. The summed E-state index contributed by atoms with van der Waals surface area (Å²) in [5, 5.41) is 0. The minimum absolute atomic E-state index is 1.04. The molecule has 0 bridgehead atoms. The third-order valence-corrected chi connectivity index (χ3v) is 2.40. The largest absolute Gasteiger partial charge is 0.456 e. The third-order valence-electron chi connectivity index (χ3n) is 2.40. The summed E-state index contributed by atoms with van der Waals surface area (Å²) in [6.45, 7) is 4.21. The second-order valence-corrected chi connectivity index (χ2v) is 3.31. The average molecular weight is 176 g/mol. The van der Waals surface area contributed by atoms with E-state index in [0.29, 0.717) is 0 Å². The molecule has 1 aromatic rings. The molecule has 70 valence electrons. The summed E-state index contributed by atoms with van der Waals surface area (Å²) in [4.78, 5) is 8.48. The highest BCUT2D eigenvalue weighted by Gasteiger charge is 2.10. The molecule has 3 heteroatoms. The van der Waals surface area contributed by atoms with Crippen molar-refractivity contribution in [2.45, 2.75) is 0 Å². The van der Waals surface area contributed by atoms with Crippen LogP contribution in [0.4, 0.5) is 5.69 Å². The maximum absolute atomic E-state index is 4.01. The van der Waals surface area contributed by atoms with Crippen molar-refractivity contribution in [3.63, 3.8) is 0 Å². The van der Waals surface area contributed by atoms with Gasteiger partial charge in [-0.15, -0.1) is 0 Å². The average Bonchev–Trinajstić information content (AvgIpc) is 2.20. The van der Waals surface area contributed by atoms with Crippen LogP contribution < -0.4 is 4.90 Å². The second-order valence-electron chi connectivity index (χ2n) is 3.31. The van der Waals surface area contributed by atoms with E-state index in [1.54, 1.807) is 0 Å². The van der Waals surface area contributed by atoms with Gasteiger partial charge in [0.25, 0.3) is 0 Å². The highest BCUT2D eigenvalue weighted by atomic mass is 15.2. The number of rotatable bonds is 1. The molecule has 0 amide bonds. The van der Waals surface area contributed by atoms with Gasteiger partial charge in [0.05, 0.1) is 0 Å². The predicted octanol–water partition coefficient (Wildman–Crippen LogP) is 0.995. The van der Waals surface area contributed by atoms with Crippen LogP contribution in [0.5, 0.6) is 0 Å². The molecule has 3 nitrogen and oxygen atoms in total. The maximum atomic E-state index is 4.01. The number of hydrogen-bond acceptors (Lipinski definition) is 3. The molecule has 0 atom stereocenters. The highest BCUT2D eigenvalue weighted by Crippen LogP contribution is 2.13. The monoisotopic (exact) mass is 176 g/mol. The van der Waals surface area contributed by atoms with Crippen molar-refractivity contribution >= 4 is 5.69 Å². The Morgan fingerprint density at radius 2 is 1.69 bits per heavy atom. The molecule has 0 aliphatic carbocycles. The summed E-state index contributed by atoms with van der Waals surface area (Å²) >= 11 is 0. The van der Waals surface area contributed by atoms with Gasteiger partial charge in [-0.25, -0.2) is 0 Å². The van der Waals surface area contributed by atoms with Crippen molar-refractivity contribution in [3.8, 4) is 0 Å². The normalized spacial score (nSPS) is 19.0. The zero-order chi connectivity index (χ0) is 9.10. The van der Waals surface area contributed by atoms with Crippen molar-refractivity contribution in [3.05, 3.63) is 31.6 Å². The van der Waals surface area contributed by atoms with Crippen LogP contribution in [0.2, 0.25) is 0 Å². The van der Waals surface area contributed by atoms with E-state index in [9.17, 15) is 0 Å². The first kappa shape index (κ1) is 8.51. The van der Waals surface area contributed by atoms with Crippen LogP contribution in [0.1, 0.15) is 0 Å². The van der Waals surface area contributed by atoms with Crippen LogP contribution in [0, 0.1) is 7.05 Å². The SMILES string of the molecule is [CH2-]N1CCN(c2ccncc2)CC1. The van der Waals surface area contributed by atoms with Crippen LogP contribution >= 0.6 is 0 Å². The molecule has 0 spiro atoms. The van der Waals surface area contributed by atoms with Gasteiger partial charge in [-0.2, -0.15) is 0 Å². The van der Waals surface area contributed by atoms with Crippen LogP contribution in [-0.2, 0) is 0 Å². The van der Waals surface area contributed by atoms with Crippen molar-refractivity contribution in [2.24, 2.45) is 0 Å².